The summed E-state index contributed by atoms with van der Waals surface area (Å²) < 4.78 is 8.72. The first-order valence-electron chi connectivity index (χ1n) is 11.4. The third-order valence-electron chi connectivity index (χ3n) is 6.14. The maximum absolute atomic E-state index is 12.6. The molecule has 5 nitrogen and oxygen atoms in total. The fourth-order valence-electron chi connectivity index (χ4n) is 4.45. The van der Waals surface area contributed by atoms with Gasteiger partial charge in [-0.25, -0.2) is 4.98 Å². The zero-order valence-corrected chi connectivity index (χ0v) is 18.5. The largest absolute Gasteiger partial charge is 0.483 e. The van der Waals surface area contributed by atoms with Crippen LogP contribution in [0.15, 0.2) is 91.5 Å². The number of rotatable bonds is 8. The van der Waals surface area contributed by atoms with Gasteiger partial charge >= 0.3 is 0 Å². The Morgan fingerprint density at radius 3 is 2.52 bits per heavy atom. The first kappa shape index (κ1) is 21.0. The Morgan fingerprint density at radius 1 is 0.970 bits per heavy atom. The smallest absolute Gasteiger partial charge is 0.163 e. The third kappa shape index (κ3) is 4.82. The van der Waals surface area contributed by atoms with E-state index < -0.39 is 0 Å². The molecule has 0 radical (unpaired) electrons. The van der Waals surface area contributed by atoms with Crippen LogP contribution < -0.4 is 10.1 Å². The van der Waals surface area contributed by atoms with Gasteiger partial charge in [0.1, 0.15) is 11.9 Å². The van der Waals surface area contributed by atoms with Crippen molar-refractivity contribution in [3.05, 3.63) is 114 Å². The van der Waals surface area contributed by atoms with Gasteiger partial charge in [-0.2, -0.15) is 0 Å². The Balaban J connectivity index is 1.50. The van der Waals surface area contributed by atoms with Gasteiger partial charge in [-0.1, -0.05) is 48.5 Å². The van der Waals surface area contributed by atoms with Crippen LogP contribution in [0.4, 0.5) is 5.69 Å². The molecule has 1 atom stereocenters. The SMILES string of the molecule is O=C1CCCc2c1ccc(O[C@H](Cn1ccnc1)c1ccccc1)c2CNc1ccccc1. The van der Waals surface area contributed by atoms with Gasteiger partial charge in [-0.3, -0.25) is 4.79 Å². The number of Topliss-reactive ketones (excluding diaryl/α,β-unsaturated/α-hetero) is 1. The maximum Gasteiger partial charge on any atom is 0.163 e. The minimum absolute atomic E-state index is 0.187. The van der Waals surface area contributed by atoms with Gasteiger partial charge in [-0.15, -0.1) is 0 Å². The summed E-state index contributed by atoms with van der Waals surface area (Å²) in [6, 6.07) is 24.3. The average Bonchev–Trinajstić information content (AvgIpc) is 3.37. The van der Waals surface area contributed by atoms with Crippen LogP contribution in [0.25, 0.3) is 0 Å². The lowest BCUT2D eigenvalue weighted by Crippen LogP contribution is -2.19. The molecule has 4 aromatic rings. The summed E-state index contributed by atoms with van der Waals surface area (Å²) in [5.41, 5.74) is 5.16. The summed E-state index contributed by atoms with van der Waals surface area (Å²) in [6.07, 6.45) is 7.74. The van der Waals surface area contributed by atoms with Gasteiger partial charge in [0.25, 0.3) is 0 Å². The van der Waals surface area contributed by atoms with Crippen LogP contribution in [0, 0.1) is 0 Å². The number of carbonyl (C=O) groups excluding carboxylic acids is 1. The van der Waals surface area contributed by atoms with E-state index in [1.807, 2.05) is 77.8 Å². The predicted octanol–water partition coefficient (Wildman–Crippen LogP) is 5.83. The number of nitrogens with one attached hydrogen (secondary N) is 1. The summed E-state index contributed by atoms with van der Waals surface area (Å²) in [7, 11) is 0. The summed E-state index contributed by atoms with van der Waals surface area (Å²) in [6.45, 7) is 1.24. The lowest BCUT2D eigenvalue weighted by Gasteiger charge is -2.26. The average molecular weight is 438 g/mol. The standard InChI is InChI=1S/C28H27N3O2/c32-26-13-7-12-23-24(26)14-15-27(25(23)18-30-22-10-5-2-6-11-22)33-28(19-31-17-16-29-20-31)21-8-3-1-4-9-21/h1-6,8-11,14-17,20,28,30H,7,12-13,18-19H2/t28-/m1/s1. The number of benzene rings is 3. The number of nitrogens with zero attached hydrogens (tertiary/aromatic N) is 2. The zero-order chi connectivity index (χ0) is 22.5. The molecule has 0 spiro atoms. The highest BCUT2D eigenvalue weighted by atomic mass is 16.5. The normalized spacial score (nSPS) is 13.9. The molecule has 0 fully saturated rings. The molecule has 0 aliphatic heterocycles. The van der Waals surface area contributed by atoms with Gasteiger partial charge in [0.05, 0.1) is 12.9 Å². The first-order valence-corrected chi connectivity index (χ1v) is 11.4. The minimum Gasteiger partial charge on any atom is -0.483 e. The molecular formula is C28H27N3O2. The molecule has 1 N–H and O–H groups in total. The summed E-state index contributed by atoms with van der Waals surface area (Å²) in [5, 5.41) is 3.52. The summed E-state index contributed by atoms with van der Waals surface area (Å²) >= 11 is 0. The summed E-state index contributed by atoms with van der Waals surface area (Å²) in [5.74, 6) is 1.04. The van der Waals surface area contributed by atoms with Crippen molar-refractivity contribution < 1.29 is 9.53 Å². The highest BCUT2D eigenvalue weighted by Gasteiger charge is 2.24. The van der Waals surface area contributed by atoms with Crippen molar-refractivity contribution in [2.45, 2.75) is 38.5 Å². The molecule has 0 saturated carbocycles. The van der Waals surface area contributed by atoms with Gasteiger partial charge in [0, 0.05) is 42.2 Å². The number of para-hydroxylation sites is 1. The Kier molecular flexibility index (Phi) is 6.20. The van der Waals surface area contributed by atoms with E-state index in [9.17, 15) is 4.79 Å². The Morgan fingerprint density at radius 2 is 1.76 bits per heavy atom. The van der Waals surface area contributed by atoms with Gasteiger partial charge in [-0.05, 0) is 48.2 Å². The monoisotopic (exact) mass is 437 g/mol. The van der Waals surface area contributed by atoms with Crippen molar-refractivity contribution in [3.8, 4) is 5.75 Å². The molecule has 1 aliphatic carbocycles. The van der Waals surface area contributed by atoms with Crippen molar-refractivity contribution in [3.63, 3.8) is 0 Å². The fraction of sp³-hybridized carbons (Fsp3) is 0.214. The Labute approximate surface area is 194 Å². The van der Waals surface area contributed by atoms with Crippen molar-refractivity contribution >= 4 is 11.5 Å². The molecular weight excluding hydrogens is 410 g/mol. The Bertz CT molecular complexity index is 1200. The zero-order valence-electron chi connectivity index (χ0n) is 18.5. The van der Waals surface area contributed by atoms with Crippen LogP contribution in [-0.2, 0) is 19.5 Å². The molecule has 3 aromatic carbocycles. The number of aromatic nitrogens is 2. The van der Waals surface area contributed by atoms with E-state index in [0.29, 0.717) is 19.5 Å². The number of anilines is 1. The number of ether oxygens (including phenoxy) is 1. The molecule has 1 aromatic heterocycles. The van der Waals surface area contributed by atoms with Gasteiger partial charge in [0.15, 0.2) is 5.78 Å². The topological polar surface area (TPSA) is 56.2 Å². The van der Waals surface area contributed by atoms with E-state index in [1.54, 1.807) is 6.20 Å². The molecule has 0 amide bonds. The molecule has 0 unspecified atom stereocenters. The Hall–Kier alpha value is -3.86. The van der Waals surface area contributed by atoms with Crippen molar-refractivity contribution in [1.82, 2.24) is 9.55 Å². The fourth-order valence-corrected chi connectivity index (χ4v) is 4.45. The van der Waals surface area contributed by atoms with E-state index in [0.717, 1.165) is 46.5 Å². The summed E-state index contributed by atoms with van der Waals surface area (Å²) in [4.78, 5) is 16.8. The predicted molar refractivity (Wildman–Crippen MR) is 130 cm³/mol. The second-order valence-electron chi connectivity index (χ2n) is 8.34. The number of imidazole rings is 1. The maximum atomic E-state index is 12.6. The molecule has 166 valence electrons. The number of hydrogen-bond acceptors (Lipinski definition) is 4. The molecule has 0 saturated heterocycles. The van der Waals surface area contributed by atoms with Gasteiger partial charge in [0.2, 0.25) is 0 Å². The van der Waals surface area contributed by atoms with Crippen LogP contribution in [-0.4, -0.2) is 15.3 Å². The third-order valence-corrected chi connectivity index (χ3v) is 6.14. The molecule has 0 bridgehead atoms. The molecule has 5 heteroatoms. The van der Waals surface area contributed by atoms with E-state index in [1.165, 1.54) is 0 Å². The number of hydrogen-bond donors (Lipinski definition) is 1. The lowest BCUT2D eigenvalue weighted by molar-refractivity contribution is 0.0972. The number of fused-ring (bicyclic) bond motifs is 1. The first-order chi connectivity index (χ1) is 16.3. The van der Waals surface area contributed by atoms with Crippen molar-refractivity contribution in [1.29, 1.82) is 0 Å². The quantitative estimate of drug-likeness (QED) is 0.377. The highest BCUT2D eigenvalue weighted by Crippen LogP contribution is 2.35. The lowest BCUT2D eigenvalue weighted by atomic mass is 9.86. The van der Waals surface area contributed by atoms with E-state index in [4.69, 9.17) is 4.74 Å². The van der Waals surface area contributed by atoms with Crippen LogP contribution in [0.2, 0.25) is 0 Å². The minimum atomic E-state index is -0.187. The van der Waals surface area contributed by atoms with Crippen LogP contribution in [0.3, 0.4) is 0 Å². The second-order valence-corrected chi connectivity index (χ2v) is 8.34. The molecule has 1 aliphatic rings. The van der Waals surface area contributed by atoms with Crippen LogP contribution in [0.5, 0.6) is 5.75 Å². The van der Waals surface area contributed by atoms with Crippen molar-refractivity contribution in [2.24, 2.45) is 0 Å². The molecule has 33 heavy (non-hydrogen) atoms. The van der Waals surface area contributed by atoms with Crippen molar-refractivity contribution in [2.75, 3.05) is 5.32 Å². The number of carbonyl (C=O) groups is 1. The van der Waals surface area contributed by atoms with Crippen LogP contribution in [0.1, 0.15) is 46.0 Å². The molecule has 1 heterocycles. The highest BCUT2D eigenvalue weighted by molar-refractivity contribution is 5.99. The van der Waals surface area contributed by atoms with Gasteiger partial charge < -0.3 is 14.6 Å². The van der Waals surface area contributed by atoms with Crippen LogP contribution >= 0.6 is 0 Å². The van der Waals surface area contributed by atoms with E-state index in [2.05, 4.69) is 22.4 Å². The van der Waals surface area contributed by atoms with E-state index in [-0.39, 0.29) is 11.9 Å². The van der Waals surface area contributed by atoms with E-state index >= 15 is 0 Å². The molecule has 5 rings (SSSR count). The number of ketones is 1. The second kappa shape index (κ2) is 9.74.